The monoisotopic (exact) mass is 909 g/mol. The number of ketones is 2. The number of carbonyl (C=O) groups is 2. The van der Waals surface area contributed by atoms with Crippen LogP contribution in [0.3, 0.4) is 0 Å². The van der Waals surface area contributed by atoms with Gasteiger partial charge in [-0.15, -0.1) is 11.6 Å². The molecule has 2 unspecified atom stereocenters. The van der Waals surface area contributed by atoms with Crippen LogP contribution in [0, 0.1) is 27.4 Å². The molecule has 2 saturated heterocycles. The van der Waals surface area contributed by atoms with Crippen LogP contribution in [-0.2, 0) is 22.4 Å². The molecule has 2 aliphatic rings. The third-order valence-corrected chi connectivity index (χ3v) is 10.2. The molecule has 12 nitrogen and oxygen atoms in total. The summed E-state index contributed by atoms with van der Waals surface area (Å²) in [6, 6.07) is 16.7. The minimum absolute atomic E-state index is 0.00326. The first-order valence-corrected chi connectivity index (χ1v) is 20.8. The lowest BCUT2D eigenvalue weighted by Crippen LogP contribution is -2.50. The fourth-order valence-electron chi connectivity index (χ4n) is 6.59. The van der Waals surface area contributed by atoms with E-state index in [9.17, 15) is 19.8 Å². The molecule has 0 amide bonds. The molecule has 2 aliphatic heterocycles. The largest absolute Gasteiger partial charge is 0.493 e. The summed E-state index contributed by atoms with van der Waals surface area (Å²) in [5.74, 6) is -0.421. The van der Waals surface area contributed by atoms with Gasteiger partial charge >= 0.3 is 0 Å². The number of nitrogens with zero attached hydrogens (tertiary/aromatic N) is 3. The molecule has 0 saturated carbocycles. The highest BCUT2D eigenvalue weighted by molar-refractivity contribution is 6.27. The van der Waals surface area contributed by atoms with Gasteiger partial charge < -0.3 is 34.5 Å². The number of para-hydroxylation sites is 4. The van der Waals surface area contributed by atoms with Crippen LogP contribution >= 0.6 is 11.6 Å². The van der Waals surface area contributed by atoms with E-state index in [0.29, 0.717) is 38.5 Å². The van der Waals surface area contributed by atoms with Gasteiger partial charge in [-0.1, -0.05) is 60.6 Å². The summed E-state index contributed by atoms with van der Waals surface area (Å²) < 4.78 is 171. The second-order valence-corrected chi connectivity index (χ2v) is 15.0. The number of halogens is 1. The van der Waals surface area contributed by atoms with Gasteiger partial charge in [-0.05, 0) is 85.1 Å². The maximum atomic E-state index is 12.9. The summed E-state index contributed by atoms with van der Waals surface area (Å²) in [5, 5.41) is 23.8. The number of hydrogen-bond acceptors (Lipinski definition) is 12. The Balaban J connectivity index is 0.000000296. The van der Waals surface area contributed by atoms with Crippen LogP contribution in [0.2, 0.25) is 0 Å². The summed E-state index contributed by atoms with van der Waals surface area (Å²) in [6.45, 7) is -4.01. The third kappa shape index (κ3) is 17.9. The Labute approximate surface area is 408 Å². The number of alkyl halides is 1. The van der Waals surface area contributed by atoms with Gasteiger partial charge in [0.1, 0.15) is 25.4 Å². The summed E-state index contributed by atoms with van der Waals surface area (Å²) in [4.78, 5) is 30.5. The molecule has 2 heterocycles. The van der Waals surface area contributed by atoms with Gasteiger partial charge in [0.25, 0.3) is 0 Å². The molecule has 6 rings (SSSR count). The van der Waals surface area contributed by atoms with Gasteiger partial charge in [0.05, 0.1) is 37.5 Å². The topological polar surface area (TPSA) is 133 Å². The van der Waals surface area contributed by atoms with E-state index in [0.717, 1.165) is 50.4 Å². The Bertz CT molecular complexity index is 2660. The summed E-state index contributed by atoms with van der Waals surface area (Å²) >= 11 is 5.40. The molecule has 4 aromatic rings. The van der Waals surface area contributed by atoms with Crippen LogP contribution in [-0.4, -0.2) is 154 Å². The number of β-amino-alcohol motifs (C(OH)–C–C–N with tert-alkyl or cyclic N) is 2. The number of benzene rings is 4. The lowest BCUT2D eigenvalue weighted by atomic mass is 9.98. The molecule has 2 fully saturated rings. The second-order valence-electron chi connectivity index (χ2n) is 14.7. The van der Waals surface area contributed by atoms with Crippen LogP contribution in [0.4, 0.5) is 0 Å². The van der Waals surface area contributed by atoms with E-state index in [4.69, 9.17) is 58.0 Å². The van der Waals surface area contributed by atoms with E-state index < -0.39 is 59.5 Å². The number of hydrogen-bond donors (Lipinski definition) is 3. The van der Waals surface area contributed by atoms with E-state index in [1.807, 2.05) is 9.80 Å². The second kappa shape index (κ2) is 27.6. The third-order valence-electron chi connectivity index (χ3n) is 9.90. The number of piperazine rings is 2. The number of carbonyl (C=O) groups excluding carboxylic acids is 2. The van der Waals surface area contributed by atoms with Gasteiger partial charge in [-0.3, -0.25) is 24.3 Å². The van der Waals surface area contributed by atoms with E-state index in [-0.39, 0.29) is 114 Å². The summed E-state index contributed by atoms with van der Waals surface area (Å²) in [7, 11) is -5.17. The van der Waals surface area contributed by atoms with Crippen molar-refractivity contribution in [1.82, 2.24) is 20.0 Å². The van der Waals surface area contributed by atoms with Crippen molar-refractivity contribution in [3.05, 3.63) is 118 Å². The van der Waals surface area contributed by atoms with Crippen molar-refractivity contribution in [3.8, 4) is 23.0 Å². The Morgan fingerprint density at radius 3 is 1.48 bits per heavy atom. The summed E-state index contributed by atoms with van der Waals surface area (Å²) in [6.07, 6.45) is -2.25. The minimum atomic E-state index is -2.67. The Morgan fingerprint density at radius 2 is 1.05 bits per heavy atom. The number of aryl methyl sites for hydroxylation is 4. The Hall–Kier alpha value is -4.53. The number of nitrogens with one attached hydrogen (secondary N) is 1. The number of aliphatic hydroxyl groups is 2. The average Bonchev–Trinajstić information content (AvgIpc) is 3.56. The van der Waals surface area contributed by atoms with Crippen LogP contribution in [0.15, 0.2) is 84.9 Å². The predicted octanol–water partition coefficient (Wildman–Crippen LogP) is 5.48. The number of aliphatic hydroxyl groups excluding tert-OH is 2. The number of methoxy groups -OCH3 is 2. The standard InChI is InChI=1S/C25H34N2O4.C14H22N2O3.C11H13ClO/c1-19-7-6-8-20(2)23(19)15-21(28)16-26-11-13-27(14-12-26)17-22(29)18-31-25-10-5-4-9-24(25)30-3;1-18-13-4-2-3-5-14(13)19-11-12(17)10-16-8-6-15-7-9-16;1-8-4-3-5-9(2)11(8)6-10(13)7-12/h4-10,22,29H,11-18H2,1-3H3;2-5,12,15,17H,6-11H2,1H3;3-5H,6-7H2,1-2H3/i1D3,2D3,3D3,6D;1D3;1D3,2D3,3D. The number of ether oxygens (including phenoxy) is 4. The van der Waals surface area contributed by atoms with Gasteiger partial charge in [-0.25, -0.2) is 0 Å². The van der Waals surface area contributed by atoms with Crippen LogP contribution in [0.1, 0.15) is 60.8 Å². The zero-order chi connectivity index (χ0) is 62.3. The van der Waals surface area contributed by atoms with Crippen molar-refractivity contribution < 1.29 is 66.2 Å². The van der Waals surface area contributed by atoms with E-state index in [2.05, 4.69) is 10.2 Å². The smallest absolute Gasteiger partial charge is 0.161 e. The van der Waals surface area contributed by atoms with Crippen molar-refractivity contribution in [2.75, 3.05) is 105 Å². The van der Waals surface area contributed by atoms with Gasteiger partial charge in [0.15, 0.2) is 34.6 Å². The van der Waals surface area contributed by atoms with E-state index in [1.165, 1.54) is 12.1 Å². The van der Waals surface area contributed by atoms with E-state index >= 15 is 0 Å². The van der Waals surface area contributed by atoms with Crippen molar-refractivity contribution >= 4 is 23.2 Å². The highest BCUT2D eigenvalue weighted by atomic mass is 35.5. The maximum absolute atomic E-state index is 12.9. The zero-order valence-electron chi connectivity index (χ0n) is 55.0. The van der Waals surface area contributed by atoms with Gasteiger partial charge in [0.2, 0.25) is 0 Å². The predicted molar refractivity (Wildman–Crippen MR) is 251 cm³/mol. The number of Topliss-reactive ketones (excluding diaryl/α,β-unsaturated/α-hetero) is 2. The molecule has 3 N–H and O–H groups in total. The fraction of sp³-hybridized carbons (Fsp3) is 0.480. The molecule has 13 heteroatoms. The molecule has 344 valence electrons. The van der Waals surface area contributed by atoms with Crippen molar-refractivity contribution in [1.29, 1.82) is 0 Å². The molecular weight excluding hydrogens is 820 g/mol. The molecule has 0 bridgehead atoms. The van der Waals surface area contributed by atoms with Gasteiger partial charge in [-0.2, -0.15) is 0 Å². The first-order valence-electron chi connectivity index (χ1n) is 30.3. The SMILES string of the molecule is [2H]C([2H])([2H])Oc1ccccc1OCC(O)CN1CCNCC1.[2H]c1cc(C([2H])([2H])[2H])c(CC(=O)CCl)c(C([2H])([2H])[2H])c1.[2H]c1cc(C([2H])([2H])[2H])c(CC(=O)CN2CCN(CC(O)COc3ccccc3OC([2H])([2H])[2H])CC2)c(C([2H])([2H])[2H])c1. The minimum Gasteiger partial charge on any atom is -0.493 e. The molecular formula is C50H69ClN4O8. The fourth-order valence-corrected chi connectivity index (χ4v) is 6.68. The average molecular weight is 910 g/mol. The highest BCUT2D eigenvalue weighted by Crippen LogP contribution is 2.27. The molecule has 0 aromatic heterocycles. The molecule has 0 radical (unpaired) electrons. The maximum Gasteiger partial charge on any atom is 0.161 e. The molecule has 63 heavy (non-hydrogen) atoms. The first-order chi connectivity index (χ1) is 38.3. The molecule has 0 spiro atoms. The quantitative estimate of drug-likeness (QED) is 0.103. The Kier molecular flexibility index (Phi) is 12.8. The summed E-state index contributed by atoms with van der Waals surface area (Å²) in [5.41, 5.74) is -1.30. The molecule has 4 aromatic carbocycles. The lowest BCUT2D eigenvalue weighted by molar-refractivity contribution is -0.120. The normalized spacial score (nSPS) is 21.3. The zero-order valence-corrected chi connectivity index (χ0v) is 35.7. The molecule has 2 atom stereocenters. The van der Waals surface area contributed by atoms with Gasteiger partial charge in [0, 0.05) is 94.7 Å². The number of rotatable bonds is 19. The van der Waals surface area contributed by atoms with Crippen LogP contribution in [0.25, 0.3) is 0 Å². The lowest BCUT2D eigenvalue weighted by Gasteiger charge is -2.35. The Morgan fingerprint density at radius 1 is 0.635 bits per heavy atom. The first kappa shape index (κ1) is 29.1. The van der Waals surface area contributed by atoms with Crippen molar-refractivity contribution in [2.24, 2.45) is 0 Å². The van der Waals surface area contributed by atoms with Crippen molar-refractivity contribution in [2.45, 2.75) is 52.5 Å². The van der Waals surface area contributed by atoms with Crippen LogP contribution < -0.4 is 24.3 Å². The van der Waals surface area contributed by atoms with Crippen molar-refractivity contribution in [3.63, 3.8) is 0 Å². The van der Waals surface area contributed by atoms with Crippen LogP contribution in [0.5, 0.6) is 23.0 Å². The molecule has 0 aliphatic carbocycles. The van der Waals surface area contributed by atoms with E-state index in [1.54, 1.807) is 36.4 Å². The highest BCUT2D eigenvalue weighted by Gasteiger charge is 2.22.